The van der Waals surface area contributed by atoms with Crippen molar-refractivity contribution in [3.8, 4) is 5.75 Å². The highest BCUT2D eigenvalue weighted by molar-refractivity contribution is 5.74. The molecule has 5 heteroatoms. The van der Waals surface area contributed by atoms with Crippen LogP contribution >= 0.6 is 0 Å². The van der Waals surface area contributed by atoms with Gasteiger partial charge in [0.05, 0.1) is 19.8 Å². The molecule has 1 aliphatic heterocycles. The minimum absolute atomic E-state index is 0.118. The van der Waals surface area contributed by atoms with Crippen molar-refractivity contribution < 1.29 is 19.0 Å². The third-order valence-electron chi connectivity index (χ3n) is 5.52. The van der Waals surface area contributed by atoms with Gasteiger partial charge in [0.15, 0.2) is 5.79 Å². The number of nitrogens with one attached hydrogen (secondary N) is 1. The van der Waals surface area contributed by atoms with Crippen molar-refractivity contribution in [2.75, 3.05) is 19.8 Å². The SMILES string of the molecule is CC(=O)NC1(/C=C/c2ccc(OCCCc3cccc(C)c3)c(C)c2)COC(C)(C)OC1. The Morgan fingerprint density at radius 3 is 2.53 bits per heavy atom. The summed E-state index contributed by atoms with van der Waals surface area (Å²) in [6, 6.07) is 14.7. The van der Waals surface area contributed by atoms with Crippen LogP contribution in [-0.4, -0.2) is 37.1 Å². The van der Waals surface area contributed by atoms with Crippen LogP contribution in [0.2, 0.25) is 0 Å². The summed E-state index contributed by atoms with van der Waals surface area (Å²) in [7, 11) is 0. The first-order chi connectivity index (χ1) is 15.2. The number of ether oxygens (including phenoxy) is 3. The van der Waals surface area contributed by atoms with E-state index in [0.717, 1.165) is 29.7 Å². The van der Waals surface area contributed by atoms with Crippen molar-refractivity contribution in [1.82, 2.24) is 5.32 Å². The Morgan fingerprint density at radius 2 is 1.88 bits per heavy atom. The van der Waals surface area contributed by atoms with E-state index in [-0.39, 0.29) is 5.91 Å². The molecule has 172 valence electrons. The van der Waals surface area contributed by atoms with Gasteiger partial charge in [-0.2, -0.15) is 0 Å². The first kappa shape index (κ1) is 24.0. The third kappa shape index (κ3) is 6.94. The lowest BCUT2D eigenvalue weighted by atomic mass is 9.97. The van der Waals surface area contributed by atoms with Gasteiger partial charge in [-0.1, -0.05) is 48.0 Å². The van der Waals surface area contributed by atoms with Crippen molar-refractivity contribution in [3.05, 3.63) is 70.8 Å². The highest BCUT2D eigenvalue weighted by Crippen LogP contribution is 2.26. The maximum Gasteiger partial charge on any atom is 0.217 e. The molecule has 32 heavy (non-hydrogen) atoms. The summed E-state index contributed by atoms with van der Waals surface area (Å²) < 4.78 is 17.6. The van der Waals surface area contributed by atoms with Crippen LogP contribution in [0.4, 0.5) is 0 Å². The minimum Gasteiger partial charge on any atom is -0.493 e. The Hall–Kier alpha value is -2.63. The lowest BCUT2D eigenvalue weighted by Crippen LogP contribution is -2.59. The van der Waals surface area contributed by atoms with Crippen LogP contribution in [0.25, 0.3) is 6.08 Å². The highest BCUT2D eigenvalue weighted by atomic mass is 16.7. The standard InChI is InChI=1S/C27H35NO4/c1-20-8-6-9-23(16-20)10-7-15-30-25-12-11-24(17-21(25)2)13-14-27(28-22(3)29)18-31-26(4,5)32-19-27/h6,8-9,11-14,16-17H,7,10,15,18-19H2,1-5H3,(H,28,29)/b14-13+. The quantitative estimate of drug-likeness (QED) is 0.592. The molecule has 5 nitrogen and oxygen atoms in total. The number of rotatable bonds is 8. The molecule has 0 bridgehead atoms. The van der Waals surface area contributed by atoms with Crippen LogP contribution in [0.1, 0.15) is 49.4 Å². The van der Waals surface area contributed by atoms with Crippen molar-refractivity contribution in [3.63, 3.8) is 0 Å². The van der Waals surface area contributed by atoms with E-state index in [4.69, 9.17) is 14.2 Å². The monoisotopic (exact) mass is 437 g/mol. The van der Waals surface area contributed by atoms with Gasteiger partial charge in [-0.3, -0.25) is 4.79 Å². The molecule has 3 rings (SSSR count). The first-order valence-electron chi connectivity index (χ1n) is 11.2. The van der Waals surface area contributed by atoms with Crippen molar-refractivity contribution in [1.29, 1.82) is 0 Å². The average molecular weight is 438 g/mol. The van der Waals surface area contributed by atoms with E-state index < -0.39 is 11.3 Å². The van der Waals surface area contributed by atoms with Crippen molar-refractivity contribution >= 4 is 12.0 Å². The number of aryl methyl sites for hydroxylation is 3. The largest absolute Gasteiger partial charge is 0.493 e. The van der Waals surface area contributed by atoms with Gasteiger partial charge in [0.2, 0.25) is 5.91 Å². The molecule has 1 aliphatic rings. The zero-order valence-electron chi connectivity index (χ0n) is 19.9. The summed E-state index contributed by atoms with van der Waals surface area (Å²) in [4.78, 5) is 11.7. The molecule has 1 heterocycles. The van der Waals surface area contributed by atoms with Crippen LogP contribution < -0.4 is 10.1 Å². The molecule has 0 radical (unpaired) electrons. The van der Waals surface area contributed by atoms with Gasteiger partial charge in [0.25, 0.3) is 0 Å². The van der Waals surface area contributed by atoms with Gasteiger partial charge in [0.1, 0.15) is 11.3 Å². The minimum atomic E-state index is -0.680. The van der Waals surface area contributed by atoms with Crippen LogP contribution in [0, 0.1) is 13.8 Å². The molecular weight excluding hydrogens is 402 g/mol. The molecule has 1 amide bonds. The lowest BCUT2D eigenvalue weighted by molar-refractivity contribution is -0.264. The number of carbonyl (C=O) groups is 1. The van der Waals surface area contributed by atoms with Crippen LogP contribution in [0.3, 0.4) is 0 Å². The summed E-state index contributed by atoms with van der Waals surface area (Å²) in [5.41, 5.74) is 4.06. The van der Waals surface area contributed by atoms with Gasteiger partial charge in [0, 0.05) is 6.92 Å². The second-order valence-corrected chi connectivity index (χ2v) is 9.11. The van der Waals surface area contributed by atoms with E-state index in [0.29, 0.717) is 19.8 Å². The maximum absolute atomic E-state index is 11.7. The number of hydrogen-bond acceptors (Lipinski definition) is 4. The molecule has 1 saturated heterocycles. The first-order valence-corrected chi connectivity index (χ1v) is 11.2. The molecule has 0 atom stereocenters. The van der Waals surface area contributed by atoms with E-state index in [1.165, 1.54) is 18.1 Å². The number of carbonyl (C=O) groups excluding carboxylic acids is 1. The third-order valence-corrected chi connectivity index (χ3v) is 5.52. The molecule has 1 N–H and O–H groups in total. The molecule has 0 aliphatic carbocycles. The predicted octanol–water partition coefficient (Wildman–Crippen LogP) is 4.99. The Morgan fingerprint density at radius 1 is 1.12 bits per heavy atom. The van der Waals surface area contributed by atoms with E-state index in [2.05, 4.69) is 42.6 Å². The molecule has 1 fully saturated rings. The Bertz CT molecular complexity index is 954. The van der Waals surface area contributed by atoms with Gasteiger partial charge in [-0.25, -0.2) is 0 Å². The summed E-state index contributed by atoms with van der Waals surface area (Å²) in [6.45, 7) is 10.8. The average Bonchev–Trinajstić information content (AvgIpc) is 2.73. The summed E-state index contributed by atoms with van der Waals surface area (Å²) in [5, 5.41) is 2.98. The van der Waals surface area contributed by atoms with Crippen molar-refractivity contribution in [2.24, 2.45) is 0 Å². The molecule has 0 spiro atoms. The molecule has 0 saturated carbocycles. The number of benzene rings is 2. The molecule has 0 unspecified atom stereocenters. The van der Waals surface area contributed by atoms with Crippen molar-refractivity contribution in [2.45, 2.75) is 58.8 Å². The molecule has 0 aromatic heterocycles. The lowest BCUT2D eigenvalue weighted by Gasteiger charge is -2.42. The summed E-state index contributed by atoms with van der Waals surface area (Å²) >= 11 is 0. The molecular formula is C27H35NO4. The van der Waals surface area contributed by atoms with E-state index in [1.807, 2.05) is 45.1 Å². The van der Waals surface area contributed by atoms with Gasteiger partial charge in [-0.15, -0.1) is 0 Å². The fraction of sp³-hybridized carbons (Fsp3) is 0.444. The molecule has 2 aromatic rings. The van der Waals surface area contributed by atoms with E-state index >= 15 is 0 Å². The van der Waals surface area contributed by atoms with Gasteiger partial charge in [-0.05, 0) is 69.4 Å². The smallest absolute Gasteiger partial charge is 0.217 e. The maximum atomic E-state index is 11.7. The second kappa shape index (κ2) is 10.3. The van der Waals surface area contributed by atoms with Gasteiger partial charge < -0.3 is 19.5 Å². The predicted molar refractivity (Wildman–Crippen MR) is 128 cm³/mol. The normalized spacial score (nSPS) is 17.3. The zero-order valence-corrected chi connectivity index (χ0v) is 19.9. The van der Waals surface area contributed by atoms with Crippen LogP contribution in [-0.2, 0) is 20.7 Å². The zero-order chi connectivity index (χ0) is 23.2. The Labute approximate surface area is 191 Å². The summed E-state index contributed by atoms with van der Waals surface area (Å²) in [6.07, 6.45) is 5.93. The second-order valence-electron chi connectivity index (χ2n) is 9.11. The van der Waals surface area contributed by atoms with E-state index in [1.54, 1.807) is 0 Å². The Balaban J connectivity index is 1.58. The Kier molecular flexibility index (Phi) is 7.75. The fourth-order valence-electron chi connectivity index (χ4n) is 3.77. The topological polar surface area (TPSA) is 56.8 Å². The van der Waals surface area contributed by atoms with Gasteiger partial charge >= 0.3 is 0 Å². The number of hydrogen-bond donors (Lipinski definition) is 1. The van der Waals surface area contributed by atoms with Crippen LogP contribution in [0.5, 0.6) is 5.75 Å². The van der Waals surface area contributed by atoms with E-state index in [9.17, 15) is 4.79 Å². The van der Waals surface area contributed by atoms with Crippen LogP contribution in [0.15, 0.2) is 48.5 Å². The fourth-order valence-corrected chi connectivity index (χ4v) is 3.77. The molecule has 2 aromatic carbocycles. The number of amides is 1. The highest BCUT2D eigenvalue weighted by Gasteiger charge is 2.38. The summed E-state index contributed by atoms with van der Waals surface area (Å²) in [5.74, 6) is 0.131.